The molecule has 0 bridgehead atoms. The summed E-state index contributed by atoms with van der Waals surface area (Å²) in [6.45, 7) is 3.98. The summed E-state index contributed by atoms with van der Waals surface area (Å²) in [6, 6.07) is 9.41. The highest BCUT2D eigenvalue weighted by Crippen LogP contribution is 2.39. The summed E-state index contributed by atoms with van der Waals surface area (Å²) in [5.74, 6) is 0.315. The maximum Gasteiger partial charge on any atom is 0.270 e. The van der Waals surface area contributed by atoms with Crippen LogP contribution >= 0.6 is 46.6 Å². The minimum atomic E-state index is -0.144. The molecule has 1 fully saturated rings. The highest BCUT2D eigenvalue weighted by Gasteiger charge is 2.34. The molecule has 1 saturated heterocycles. The molecule has 0 radical (unpaired) electrons. The lowest BCUT2D eigenvalue weighted by Gasteiger charge is -2.17. The third kappa shape index (κ3) is 3.60. The second kappa shape index (κ2) is 7.58. The number of benzene rings is 2. The summed E-state index contributed by atoms with van der Waals surface area (Å²) in [5.41, 5.74) is 3.71. The van der Waals surface area contributed by atoms with Gasteiger partial charge in [0.15, 0.2) is 15.8 Å². The first-order valence-electron chi connectivity index (χ1n) is 7.73. The maximum absolute atomic E-state index is 12.9. The van der Waals surface area contributed by atoms with Gasteiger partial charge in [0.25, 0.3) is 5.91 Å². The molecule has 4 nitrogen and oxygen atoms in total. The molecule has 7 heteroatoms. The third-order valence-electron chi connectivity index (χ3n) is 3.96. The number of halogens is 1. The van der Waals surface area contributed by atoms with Crippen molar-refractivity contribution in [3.05, 3.63) is 55.5 Å². The van der Waals surface area contributed by atoms with E-state index in [0.717, 1.165) is 22.4 Å². The van der Waals surface area contributed by atoms with Gasteiger partial charge in [0.2, 0.25) is 0 Å². The van der Waals surface area contributed by atoms with E-state index < -0.39 is 0 Å². The van der Waals surface area contributed by atoms with Crippen LogP contribution in [0.3, 0.4) is 0 Å². The van der Waals surface area contributed by atoms with E-state index in [0.29, 0.717) is 18.5 Å². The van der Waals surface area contributed by atoms with E-state index >= 15 is 0 Å². The standard InChI is InChI=1S/C19H16INO3S2/c1-10-4-5-14(11(2)6-10)21-18(23)16(26-19(21)25)9-12-7-13(20)17(22)15(8-12)24-3/h4-9,22H,1-3H3. The average Bonchev–Trinajstić information content (AvgIpc) is 2.85. The van der Waals surface area contributed by atoms with E-state index in [4.69, 9.17) is 17.0 Å². The molecular formula is C19H16INO3S2. The van der Waals surface area contributed by atoms with Crippen molar-refractivity contribution in [1.82, 2.24) is 0 Å². The van der Waals surface area contributed by atoms with Gasteiger partial charge in [-0.3, -0.25) is 9.69 Å². The first kappa shape index (κ1) is 19.2. The Hall–Kier alpha value is -1.58. The number of thiocarbonyl (C=S) groups is 1. The van der Waals surface area contributed by atoms with Crippen molar-refractivity contribution >= 4 is 68.6 Å². The predicted octanol–water partition coefficient (Wildman–Crippen LogP) is 5.03. The van der Waals surface area contributed by atoms with Crippen LogP contribution in [0.5, 0.6) is 11.5 Å². The van der Waals surface area contributed by atoms with E-state index in [1.165, 1.54) is 18.9 Å². The molecule has 134 valence electrons. The molecule has 0 spiro atoms. The van der Waals surface area contributed by atoms with Crippen LogP contribution in [0.25, 0.3) is 6.08 Å². The third-order valence-corrected chi connectivity index (χ3v) is 6.08. The Labute approximate surface area is 175 Å². The number of aryl methyl sites for hydroxylation is 2. The summed E-state index contributed by atoms with van der Waals surface area (Å²) in [6.07, 6.45) is 1.77. The van der Waals surface area contributed by atoms with Crippen molar-refractivity contribution in [3.63, 3.8) is 0 Å². The summed E-state index contributed by atoms with van der Waals surface area (Å²) in [7, 11) is 1.49. The SMILES string of the molecule is COc1cc(C=C2SC(=S)N(c3ccc(C)cc3C)C2=O)cc(I)c1O. The highest BCUT2D eigenvalue weighted by atomic mass is 127. The number of hydrogen-bond acceptors (Lipinski definition) is 5. The molecule has 1 aliphatic heterocycles. The van der Waals surface area contributed by atoms with Gasteiger partial charge in [0.1, 0.15) is 0 Å². The van der Waals surface area contributed by atoms with Crippen molar-refractivity contribution in [2.24, 2.45) is 0 Å². The number of hydrogen-bond donors (Lipinski definition) is 1. The number of methoxy groups -OCH3 is 1. The summed E-state index contributed by atoms with van der Waals surface area (Å²) in [4.78, 5) is 15.0. The van der Waals surface area contributed by atoms with E-state index in [2.05, 4.69) is 0 Å². The summed E-state index contributed by atoms with van der Waals surface area (Å²) in [5, 5.41) is 9.97. The summed E-state index contributed by atoms with van der Waals surface area (Å²) < 4.78 is 6.34. The van der Waals surface area contributed by atoms with Crippen LogP contribution in [-0.4, -0.2) is 22.4 Å². The van der Waals surface area contributed by atoms with Crippen molar-refractivity contribution in [2.45, 2.75) is 13.8 Å². The lowest BCUT2D eigenvalue weighted by Crippen LogP contribution is -2.28. The fourth-order valence-electron chi connectivity index (χ4n) is 2.72. The highest BCUT2D eigenvalue weighted by molar-refractivity contribution is 14.1. The fourth-order valence-corrected chi connectivity index (χ4v) is 4.63. The van der Waals surface area contributed by atoms with Gasteiger partial charge in [0, 0.05) is 0 Å². The molecule has 0 aromatic heterocycles. The predicted molar refractivity (Wildman–Crippen MR) is 119 cm³/mol. The van der Waals surface area contributed by atoms with Crippen LogP contribution in [0.4, 0.5) is 5.69 Å². The van der Waals surface area contributed by atoms with Gasteiger partial charge < -0.3 is 9.84 Å². The van der Waals surface area contributed by atoms with Gasteiger partial charge >= 0.3 is 0 Å². The van der Waals surface area contributed by atoms with Crippen LogP contribution in [0.1, 0.15) is 16.7 Å². The first-order chi connectivity index (χ1) is 12.3. The molecule has 0 saturated carbocycles. The largest absolute Gasteiger partial charge is 0.504 e. The topological polar surface area (TPSA) is 49.8 Å². The molecular weight excluding hydrogens is 481 g/mol. The Morgan fingerprint density at radius 2 is 2.00 bits per heavy atom. The van der Waals surface area contributed by atoms with Gasteiger partial charge in [-0.05, 0) is 71.8 Å². The number of amides is 1. The van der Waals surface area contributed by atoms with E-state index in [1.807, 2.05) is 54.6 Å². The number of rotatable bonds is 3. The number of nitrogens with zero attached hydrogens (tertiary/aromatic N) is 1. The van der Waals surface area contributed by atoms with Gasteiger partial charge in [-0.25, -0.2) is 0 Å². The zero-order valence-electron chi connectivity index (χ0n) is 14.4. The zero-order chi connectivity index (χ0) is 19.0. The van der Waals surface area contributed by atoms with Gasteiger partial charge in [-0.15, -0.1) is 0 Å². The van der Waals surface area contributed by atoms with E-state index in [1.54, 1.807) is 23.1 Å². The number of aromatic hydroxyl groups is 1. The van der Waals surface area contributed by atoms with Crippen LogP contribution in [-0.2, 0) is 4.79 Å². The molecule has 0 unspecified atom stereocenters. The number of ether oxygens (including phenoxy) is 1. The molecule has 1 heterocycles. The minimum absolute atomic E-state index is 0.0908. The first-order valence-corrected chi connectivity index (χ1v) is 10.0. The van der Waals surface area contributed by atoms with Gasteiger partial charge in [0.05, 0.1) is 21.3 Å². The molecule has 1 aliphatic rings. The van der Waals surface area contributed by atoms with Crippen molar-refractivity contribution in [3.8, 4) is 11.5 Å². The molecule has 0 aliphatic carbocycles. The minimum Gasteiger partial charge on any atom is -0.504 e. The van der Waals surface area contributed by atoms with Crippen LogP contribution in [0.15, 0.2) is 35.2 Å². The molecule has 2 aromatic carbocycles. The van der Waals surface area contributed by atoms with Gasteiger partial charge in [-0.1, -0.05) is 41.7 Å². The second-order valence-corrected chi connectivity index (χ2v) is 8.70. The molecule has 2 aromatic rings. The Bertz CT molecular complexity index is 956. The quantitative estimate of drug-likeness (QED) is 0.367. The molecule has 1 N–H and O–H groups in total. The number of carbonyl (C=O) groups excluding carboxylic acids is 1. The van der Waals surface area contributed by atoms with Gasteiger partial charge in [-0.2, -0.15) is 0 Å². The van der Waals surface area contributed by atoms with E-state index in [-0.39, 0.29) is 11.7 Å². The fraction of sp³-hybridized carbons (Fsp3) is 0.158. The smallest absolute Gasteiger partial charge is 0.270 e. The lowest BCUT2D eigenvalue weighted by atomic mass is 10.1. The zero-order valence-corrected chi connectivity index (χ0v) is 18.2. The van der Waals surface area contributed by atoms with Crippen molar-refractivity contribution in [2.75, 3.05) is 12.0 Å². The molecule has 0 atom stereocenters. The van der Waals surface area contributed by atoms with E-state index in [9.17, 15) is 9.90 Å². The Balaban J connectivity index is 1.99. The lowest BCUT2D eigenvalue weighted by molar-refractivity contribution is -0.113. The number of phenols is 1. The Morgan fingerprint density at radius 3 is 2.65 bits per heavy atom. The molecule has 26 heavy (non-hydrogen) atoms. The van der Waals surface area contributed by atoms with Crippen LogP contribution in [0, 0.1) is 17.4 Å². The van der Waals surface area contributed by atoms with Crippen LogP contribution < -0.4 is 9.64 Å². The van der Waals surface area contributed by atoms with Crippen molar-refractivity contribution < 1.29 is 14.6 Å². The molecule has 1 amide bonds. The Morgan fingerprint density at radius 1 is 1.27 bits per heavy atom. The second-order valence-electron chi connectivity index (χ2n) is 5.86. The average molecular weight is 497 g/mol. The number of anilines is 1. The van der Waals surface area contributed by atoms with Crippen molar-refractivity contribution in [1.29, 1.82) is 0 Å². The Kier molecular flexibility index (Phi) is 5.59. The number of thioether (sulfide) groups is 1. The van der Waals surface area contributed by atoms with Crippen LogP contribution in [0.2, 0.25) is 0 Å². The summed E-state index contributed by atoms with van der Waals surface area (Å²) >= 11 is 8.74. The number of carbonyl (C=O) groups is 1. The number of phenolic OH excluding ortho intramolecular Hbond substituents is 1. The monoisotopic (exact) mass is 497 g/mol. The maximum atomic E-state index is 12.9. The normalized spacial score (nSPS) is 15.8. The molecule has 3 rings (SSSR count).